The molecule has 0 spiro atoms. The molecule has 0 bridgehead atoms. The topological polar surface area (TPSA) is 58.5 Å². The van der Waals surface area contributed by atoms with E-state index in [1.807, 2.05) is 24.3 Å². The van der Waals surface area contributed by atoms with Crippen LogP contribution in [-0.2, 0) is 0 Å². The summed E-state index contributed by atoms with van der Waals surface area (Å²) in [6.07, 6.45) is 0. The van der Waals surface area contributed by atoms with Crippen LogP contribution in [0, 0.1) is 0 Å². The Labute approximate surface area is 326 Å². The zero-order valence-corrected chi connectivity index (χ0v) is 30.7. The SMILES string of the molecule is Nc1ccc(N(c2ccc(-c3ccc(N(c4ccc(N)cc4)c4cc5ccccc5c5ccccc45)cc3)cc2)c2cc3ccccc3c3ccccc23)cc1. The number of nitrogens with zero attached hydrogens (tertiary/aromatic N) is 2. The molecule has 0 aliphatic rings. The summed E-state index contributed by atoms with van der Waals surface area (Å²) in [6.45, 7) is 0. The van der Waals surface area contributed by atoms with E-state index in [-0.39, 0.29) is 0 Å². The van der Waals surface area contributed by atoms with Gasteiger partial charge in [0, 0.05) is 44.9 Å². The molecule has 4 nitrogen and oxygen atoms in total. The molecule has 0 unspecified atom stereocenters. The van der Waals surface area contributed by atoms with Crippen LogP contribution in [0.2, 0.25) is 0 Å². The standard InChI is InChI=1S/C52H38N4/c53-39-21-29-43(30-22-39)55(51-33-37-9-1-3-11-45(37)47-13-5-7-15-49(47)51)41-25-17-35(18-26-41)36-19-27-42(28-20-36)56(44-31-23-40(54)24-32-44)52-34-38-10-2-4-12-46(38)48-14-6-8-16-50(48)52/h1-34H,53-54H2. The molecule has 0 aliphatic heterocycles. The molecule has 4 heteroatoms. The maximum absolute atomic E-state index is 6.17. The molecular weight excluding hydrogens is 681 g/mol. The van der Waals surface area contributed by atoms with Gasteiger partial charge in [-0.2, -0.15) is 0 Å². The van der Waals surface area contributed by atoms with Crippen LogP contribution in [0.25, 0.3) is 54.2 Å². The number of benzene rings is 10. The highest BCUT2D eigenvalue weighted by molar-refractivity contribution is 6.16. The Kier molecular flexibility index (Phi) is 8.08. The van der Waals surface area contributed by atoms with Gasteiger partial charge in [0.25, 0.3) is 0 Å². The molecule has 0 fully saturated rings. The molecule has 0 amide bonds. The first-order chi connectivity index (χ1) is 27.6. The Morgan fingerprint density at radius 2 is 0.554 bits per heavy atom. The maximum atomic E-state index is 6.17. The van der Waals surface area contributed by atoms with E-state index in [1.165, 1.54) is 43.1 Å². The predicted molar refractivity (Wildman–Crippen MR) is 240 cm³/mol. The lowest BCUT2D eigenvalue weighted by Crippen LogP contribution is -2.11. The smallest absolute Gasteiger partial charge is 0.0546 e. The van der Waals surface area contributed by atoms with Gasteiger partial charge in [0.05, 0.1) is 11.4 Å². The number of hydrogen-bond donors (Lipinski definition) is 2. The molecule has 10 aromatic rings. The van der Waals surface area contributed by atoms with Gasteiger partial charge in [-0.25, -0.2) is 0 Å². The molecule has 0 saturated carbocycles. The Balaban J connectivity index is 1.06. The highest BCUT2D eigenvalue weighted by atomic mass is 15.1. The van der Waals surface area contributed by atoms with Crippen LogP contribution in [0.1, 0.15) is 0 Å². The molecule has 56 heavy (non-hydrogen) atoms. The van der Waals surface area contributed by atoms with Crippen LogP contribution in [0.15, 0.2) is 206 Å². The van der Waals surface area contributed by atoms with Crippen molar-refractivity contribution in [2.45, 2.75) is 0 Å². The van der Waals surface area contributed by atoms with E-state index in [1.54, 1.807) is 0 Å². The highest BCUT2D eigenvalue weighted by Gasteiger charge is 2.19. The molecule has 0 aromatic heterocycles. The van der Waals surface area contributed by atoms with E-state index in [2.05, 4.69) is 192 Å². The molecule has 0 atom stereocenters. The molecule has 4 N–H and O–H groups in total. The molecule has 0 radical (unpaired) electrons. The second kappa shape index (κ2) is 13.7. The van der Waals surface area contributed by atoms with Gasteiger partial charge in [-0.3, -0.25) is 0 Å². The molecule has 266 valence electrons. The first-order valence-corrected chi connectivity index (χ1v) is 18.9. The van der Waals surface area contributed by atoms with Crippen molar-refractivity contribution in [1.82, 2.24) is 0 Å². The molecule has 0 aliphatic carbocycles. The molecular formula is C52H38N4. The van der Waals surface area contributed by atoms with Crippen molar-refractivity contribution in [1.29, 1.82) is 0 Å². The minimum absolute atomic E-state index is 0.736. The van der Waals surface area contributed by atoms with Crippen molar-refractivity contribution in [3.05, 3.63) is 206 Å². The largest absolute Gasteiger partial charge is 0.399 e. The summed E-state index contributed by atoms with van der Waals surface area (Å²) in [5.74, 6) is 0. The Bertz CT molecular complexity index is 2810. The zero-order chi connectivity index (χ0) is 37.6. The van der Waals surface area contributed by atoms with E-state index in [9.17, 15) is 0 Å². The Hall–Kier alpha value is -7.56. The summed E-state index contributed by atoms with van der Waals surface area (Å²) in [5, 5.41) is 9.70. The maximum Gasteiger partial charge on any atom is 0.0546 e. The summed E-state index contributed by atoms with van der Waals surface area (Å²) in [7, 11) is 0. The van der Waals surface area contributed by atoms with Gasteiger partial charge < -0.3 is 21.3 Å². The van der Waals surface area contributed by atoms with Crippen molar-refractivity contribution in [2.75, 3.05) is 21.3 Å². The van der Waals surface area contributed by atoms with Gasteiger partial charge >= 0.3 is 0 Å². The van der Waals surface area contributed by atoms with E-state index < -0.39 is 0 Å². The lowest BCUT2D eigenvalue weighted by atomic mass is 9.98. The van der Waals surface area contributed by atoms with Gasteiger partial charge in [0.2, 0.25) is 0 Å². The van der Waals surface area contributed by atoms with E-state index in [0.29, 0.717) is 0 Å². The van der Waals surface area contributed by atoms with Crippen LogP contribution >= 0.6 is 0 Å². The van der Waals surface area contributed by atoms with Crippen LogP contribution in [-0.4, -0.2) is 0 Å². The summed E-state index contributed by atoms with van der Waals surface area (Å²) in [6, 6.07) is 73.1. The average molecular weight is 719 g/mol. The third-order valence-electron chi connectivity index (χ3n) is 10.9. The first-order valence-electron chi connectivity index (χ1n) is 18.9. The van der Waals surface area contributed by atoms with Gasteiger partial charge in [-0.15, -0.1) is 0 Å². The lowest BCUT2D eigenvalue weighted by molar-refractivity contribution is 1.30. The normalized spacial score (nSPS) is 11.4. The number of hydrogen-bond acceptors (Lipinski definition) is 4. The van der Waals surface area contributed by atoms with Gasteiger partial charge in [0.1, 0.15) is 0 Å². The third kappa shape index (κ3) is 5.81. The van der Waals surface area contributed by atoms with Crippen LogP contribution in [0.3, 0.4) is 0 Å². The monoisotopic (exact) mass is 718 g/mol. The van der Waals surface area contributed by atoms with E-state index in [4.69, 9.17) is 11.5 Å². The summed E-state index contributed by atoms with van der Waals surface area (Å²) in [4.78, 5) is 4.67. The molecule has 10 aromatic carbocycles. The molecule has 0 saturated heterocycles. The third-order valence-corrected chi connectivity index (χ3v) is 10.9. The summed E-state index contributed by atoms with van der Waals surface area (Å²) >= 11 is 0. The average Bonchev–Trinajstić information content (AvgIpc) is 3.26. The van der Waals surface area contributed by atoms with Gasteiger partial charge in [-0.05, 0) is 128 Å². The number of nitrogens with two attached hydrogens (primary N) is 2. The second-order valence-electron chi connectivity index (χ2n) is 14.3. The van der Waals surface area contributed by atoms with Crippen LogP contribution in [0.5, 0.6) is 0 Å². The Morgan fingerprint density at radius 1 is 0.268 bits per heavy atom. The van der Waals surface area contributed by atoms with Crippen molar-refractivity contribution in [2.24, 2.45) is 0 Å². The van der Waals surface area contributed by atoms with Gasteiger partial charge in [0.15, 0.2) is 0 Å². The van der Waals surface area contributed by atoms with E-state index >= 15 is 0 Å². The number of rotatable bonds is 7. The molecule has 10 rings (SSSR count). The Morgan fingerprint density at radius 3 is 0.911 bits per heavy atom. The molecule has 0 heterocycles. The van der Waals surface area contributed by atoms with Crippen molar-refractivity contribution in [3.8, 4) is 11.1 Å². The predicted octanol–water partition coefficient (Wildman–Crippen LogP) is 14.1. The lowest BCUT2D eigenvalue weighted by Gasteiger charge is -2.28. The summed E-state index contributed by atoms with van der Waals surface area (Å²) in [5.41, 5.74) is 22.5. The quantitative estimate of drug-likeness (QED) is 0.127. The van der Waals surface area contributed by atoms with Gasteiger partial charge in [-0.1, -0.05) is 121 Å². The fourth-order valence-electron chi connectivity index (χ4n) is 8.15. The second-order valence-corrected chi connectivity index (χ2v) is 14.3. The fourth-order valence-corrected chi connectivity index (χ4v) is 8.15. The first kappa shape index (κ1) is 33.0. The number of nitrogen functional groups attached to an aromatic ring is 2. The number of fused-ring (bicyclic) bond motifs is 6. The van der Waals surface area contributed by atoms with Crippen LogP contribution in [0.4, 0.5) is 45.5 Å². The van der Waals surface area contributed by atoms with Crippen molar-refractivity contribution >= 4 is 88.6 Å². The van der Waals surface area contributed by atoms with Crippen LogP contribution < -0.4 is 21.3 Å². The zero-order valence-electron chi connectivity index (χ0n) is 30.7. The highest BCUT2D eigenvalue weighted by Crippen LogP contribution is 2.44. The van der Waals surface area contributed by atoms with E-state index in [0.717, 1.165) is 56.6 Å². The fraction of sp³-hybridized carbons (Fsp3) is 0. The minimum Gasteiger partial charge on any atom is -0.399 e. The number of anilines is 8. The van der Waals surface area contributed by atoms with Crippen molar-refractivity contribution in [3.63, 3.8) is 0 Å². The summed E-state index contributed by atoms with van der Waals surface area (Å²) < 4.78 is 0. The van der Waals surface area contributed by atoms with Crippen molar-refractivity contribution < 1.29 is 0 Å². The minimum atomic E-state index is 0.736.